The Morgan fingerprint density at radius 1 is 1.19 bits per heavy atom. The molecule has 0 aliphatic carbocycles. The fourth-order valence-corrected chi connectivity index (χ4v) is 4.48. The van der Waals surface area contributed by atoms with Crippen LogP contribution < -0.4 is 16.0 Å². The van der Waals surface area contributed by atoms with E-state index in [1.165, 1.54) is 35.6 Å². The van der Waals surface area contributed by atoms with E-state index in [4.69, 9.17) is 16.3 Å². The summed E-state index contributed by atoms with van der Waals surface area (Å²) in [5.41, 5.74) is -0.463. The monoisotopic (exact) mass is 480 g/mol. The van der Waals surface area contributed by atoms with Crippen molar-refractivity contribution >= 4 is 34.5 Å². The molecule has 3 rings (SSSR count). The molecule has 174 valence electrons. The van der Waals surface area contributed by atoms with Crippen LogP contribution in [0.1, 0.15) is 39.0 Å². The molecule has 10 heteroatoms. The number of aliphatic hydroxyl groups excluding tert-OH is 1. The first-order chi connectivity index (χ1) is 15.4. The van der Waals surface area contributed by atoms with Crippen LogP contribution in [0.5, 0.6) is 5.75 Å². The molecule has 0 saturated carbocycles. The number of ether oxygens (including phenoxy) is 1. The first kappa shape index (κ1) is 24.4. The fraction of sp³-hybridized carbons (Fsp3) is 0.500. The highest BCUT2D eigenvalue weighted by atomic mass is 35.5. The molecule has 0 fully saturated rings. The number of hydrogen-bond donors (Lipinski definition) is 2. The van der Waals surface area contributed by atoms with Gasteiger partial charge in [-0.3, -0.25) is 14.3 Å². The smallest absolute Gasteiger partial charge is 0.329 e. The third-order valence-corrected chi connectivity index (χ3v) is 6.42. The van der Waals surface area contributed by atoms with Crippen molar-refractivity contribution < 1.29 is 9.84 Å². The summed E-state index contributed by atoms with van der Waals surface area (Å²) in [6.45, 7) is 2.33. The van der Waals surface area contributed by atoms with E-state index in [-0.39, 0.29) is 18.7 Å². The number of unbranched alkanes of at least 4 members (excludes halogenated alkanes) is 4. The molecule has 2 N–H and O–H groups in total. The molecule has 0 saturated heterocycles. The molecule has 1 atom stereocenters. The van der Waals surface area contributed by atoms with Gasteiger partial charge in [-0.1, -0.05) is 56.0 Å². The Morgan fingerprint density at radius 2 is 1.91 bits per heavy atom. The topological polar surface area (TPSA) is 102 Å². The van der Waals surface area contributed by atoms with Crippen molar-refractivity contribution in [3.63, 3.8) is 0 Å². The molecule has 0 bridgehead atoms. The molecule has 3 aromatic rings. The number of aliphatic hydroxyl groups is 1. The Kier molecular flexibility index (Phi) is 8.84. The van der Waals surface area contributed by atoms with E-state index in [2.05, 4.69) is 16.9 Å². The zero-order valence-electron chi connectivity index (χ0n) is 18.3. The molecule has 2 aromatic heterocycles. The number of rotatable bonds is 12. The Morgan fingerprint density at radius 3 is 2.62 bits per heavy atom. The molecule has 0 aliphatic rings. The normalized spacial score (nSPS) is 12.4. The predicted octanol–water partition coefficient (Wildman–Crippen LogP) is 3.58. The van der Waals surface area contributed by atoms with Gasteiger partial charge < -0.3 is 14.4 Å². The number of halogens is 1. The van der Waals surface area contributed by atoms with Crippen molar-refractivity contribution in [1.82, 2.24) is 19.1 Å². The molecule has 0 radical (unpaired) electrons. The van der Waals surface area contributed by atoms with Gasteiger partial charge in [-0.15, -0.1) is 0 Å². The zero-order valence-corrected chi connectivity index (χ0v) is 19.9. The predicted molar refractivity (Wildman–Crippen MR) is 128 cm³/mol. The fourth-order valence-electron chi connectivity index (χ4n) is 3.35. The van der Waals surface area contributed by atoms with Gasteiger partial charge in [-0.25, -0.2) is 9.78 Å². The second-order valence-electron chi connectivity index (χ2n) is 7.68. The summed E-state index contributed by atoms with van der Waals surface area (Å²) in [6.07, 6.45) is 4.89. The van der Waals surface area contributed by atoms with Gasteiger partial charge in [0.15, 0.2) is 16.3 Å². The Bertz CT molecular complexity index is 1140. The molecule has 2 heterocycles. The maximum atomic E-state index is 12.6. The lowest BCUT2D eigenvalue weighted by Gasteiger charge is -2.15. The summed E-state index contributed by atoms with van der Waals surface area (Å²) in [5.74, 6) is 1.43. The maximum Gasteiger partial charge on any atom is 0.329 e. The van der Waals surface area contributed by atoms with Gasteiger partial charge in [0.2, 0.25) is 0 Å². The largest absolute Gasteiger partial charge is 0.491 e. The van der Waals surface area contributed by atoms with Crippen LogP contribution >= 0.6 is 23.4 Å². The molecule has 0 aliphatic heterocycles. The second kappa shape index (κ2) is 11.6. The number of aromatic amines is 1. The van der Waals surface area contributed by atoms with Crippen molar-refractivity contribution in [2.24, 2.45) is 7.05 Å². The van der Waals surface area contributed by atoms with E-state index >= 15 is 0 Å². The van der Waals surface area contributed by atoms with E-state index in [0.717, 1.165) is 18.6 Å². The molecule has 1 aromatic carbocycles. The van der Waals surface area contributed by atoms with Gasteiger partial charge in [-0.2, -0.15) is 0 Å². The number of fused-ring (bicyclic) bond motifs is 1. The van der Waals surface area contributed by atoms with Gasteiger partial charge in [0, 0.05) is 17.8 Å². The molecular formula is C22H29ClN4O4S. The minimum Gasteiger partial charge on any atom is -0.491 e. The molecule has 0 spiro atoms. The van der Waals surface area contributed by atoms with Gasteiger partial charge >= 0.3 is 5.69 Å². The minimum atomic E-state index is -0.886. The molecule has 32 heavy (non-hydrogen) atoms. The van der Waals surface area contributed by atoms with Crippen LogP contribution in [0.3, 0.4) is 0 Å². The number of H-pyrrole nitrogens is 1. The van der Waals surface area contributed by atoms with Gasteiger partial charge in [0.25, 0.3) is 5.56 Å². The first-order valence-corrected chi connectivity index (χ1v) is 12.2. The second-order valence-corrected chi connectivity index (χ2v) is 9.18. The molecular weight excluding hydrogens is 452 g/mol. The average Bonchev–Trinajstić information content (AvgIpc) is 3.13. The van der Waals surface area contributed by atoms with E-state index in [0.29, 0.717) is 21.6 Å². The van der Waals surface area contributed by atoms with Crippen LogP contribution in [0.2, 0.25) is 5.02 Å². The van der Waals surface area contributed by atoms with Crippen LogP contribution in [0.25, 0.3) is 11.2 Å². The third-order valence-electron chi connectivity index (χ3n) is 5.10. The van der Waals surface area contributed by atoms with Crippen LogP contribution in [-0.2, 0) is 13.6 Å². The number of imidazole rings is 1. The number of aryl methyl sites for hydroxylation is 1. The maximum absolute atomic E-state index is 12.6. The number of hydrogen-bond acceptors (Lipinski definition) is 6. The Hall–Kier alpha value is -2.23. The average molecular weight is 481 g/mol. The number of nitrogens with zero attached hydrogens (tertiary/aromatic N) is 3. The number of aromatic nitrogens is 4. The summed E-state index contributed by atoms with van der Waals surface area (Å²) >= 11 is 7.41. The highest BCUT2D eigenvalue weighted by molar-refractivity contribution is 7.99. The lowest BCUT2D eigenvalue weighted by atomic mass is 10.2. The lowest BCUT2D eigenvalue weighted by molar-refractivity contribution is 0.0914. The summed E-state index contributed by atoms with van der Waals surface area (Å²) < 4.78 is 8.64. The van der Waals surface area contributed by atoms with Gasteiger partial charge in [-0.05, 0) is 30.7 Å². The molecule has 0 unspecified atom stereocenters. The van der Waals surface area contributed by atoms with Crippen molar-refractivity contribution in [1.29, 1.82) is 0 Å². The highest BCUT2D eigenvalue weighted by Gasteiger charge is 2.20. The Balaban J connectivity index is 1.77. The van der Waals surface area contributed by atoms with Crippen LogP contribution in [0, 0.1) is 0 Å². The lowest BCUT2D eigenvalue weighted by Crippen LogP contribution is -2.30. The van der Waals surface area contributed by atoms with E-state index in [1.807, 2.05) is 0 Å². The van der Waals surface area contributed by atoms with Crippen molar-refractivity contribution in [2.45, 2.75) is 56.8 Å². The quantitative estimate of drug-likeness (QED) is 0.303. The third kappa shape index (κ3) is 6.17. The molecule has 0 amide bonds. The summed E-state index contributed by atoms with van der Waals surface area (Å²) in [6, 6.07) is 6.87. The Labute approximate surface area is 195 Å². The SMILES string of the molecule is CCCCCCCSc1nc2c(c(=O)[nH]c(=O)n2C)n1C[C@H](O)COc1ccc(Cl)cc1. The number of benzene rings is 1. The van der Waals surface area contributed by atoms with Crippen LogP contribution in [0.4, 0.5) is 0 Å². The van der Waals surface area contributed by atoms with Crippen molar-refractivity contribution in [2.75, 3.05) is 12.4 Å². The zero-order chi connectivity index (χ0) is 23.1. The van der Waals surface area contributed by atoms with Crippen molar-refractivity contribution in [3.05, 3.63) is 50.1 Å². The van der Waals surface area contributed by atoms with Crippen LogP contribution in [-0.4, -0.2) is 42.7 Å². The van der Waals surface area contributed by atoms with E-state index in [9.17, 15) is 14.7 Å². The first-order valence-electron chi connectivity index (χ1n) is 10.8. The summed E-state index contributed by atoms with van der Waals surface area (Å²) in [4.78, 5) is 31.4. The highest BCUT2D eigenvalue weighted by Crippen LogP contribution is 2.24. The van der Waals surface area contributed by atoms with Crippen LogP contribution in [0.15, 0.2) is 39.0 Å². The van der Waals surface area contributed by atoms with Gasteiger partial charge in [0.05, 0.1) is 6.54 Å². The van der Waals surface area contributed by atoms with Crippen molar-refractivity contribution in [3.8, 4) is 5.75 Å². The minimum absolute atomic E-state index is 0.0338. The number of nitrogens with one attached hydrogen (secondary N) is 1. The van der Waals surface area contributed by atoms with E-state index < -0.39 is 17.4 Å². The standard InChI is InChI=1S/C22H29ClN4O4S/c1-3-4-5-6-7-12-32-22-24-19-18(20(29)25-21(30)26(19)2)27(22)13-16(28)14-31-17-10-8-15(23)9-11-17/h8-11,16,28H,3-7,12-14H2,1-2H3,(H,25,29,30)/t16-/m0/s1. The van der Waals surface area contributed by atoms with E-state index in [1.54, 1.807) is 35.9 Å². The molecule has 8 nitrogen and oxygen atoms in total. The summed E-state index contributed by atoms with van der Waals surface area (Å²) in [7, 11) is 1.57. The summed E-state index contributed by atoms with van der Waals surface area (Å²) in [5, 5.41) is 11.8. The van der Waals surface area contributed by atoms with Gasteiger partial charge in [0.1, 0.15) is 18.5 Å². The number of thioether (sulfide) groups is 1.